The molecule has 0 spiro atoms. The number of nitrogens with one attached hydrogen (secondary N) is 1. The molecule has 15 heavy (non-hydrogen) atoms. The van der Waals surface area contributed by atoms with Gasteiger partial charge in [0.1, 0.15) is 0 Å². The lowest BCUT2D eigenvalue weighted by molar-refractivity contribution is -0.127. The summed E-state index contributed by atoms with van der Waals surface area (Å²) in [7, 11) is 1.54. The molecular weight excluding hydrogens is 198 g/mol. The number of methoxy groups -OCH3 is 1. The zero-order valence-corrected chi connectivity index (χ0v) is 9.37. The normalized spacial score (nSPS) is 13.3. The Morgan fingerprint density at radius 1 is 1.47 bits per heavy atom. The largest absolute Gasteiger partial charge is 0.382 e. The first kappa shape index (κ1) is 13.9. The van der Waals surface area contributed by atoms with Gasteiger partial charge in [0.15, 0.2) is 0 Å². The number of nitrogens with two attached hydrogens (primary N) is 2. The summed E-state index contributed by atoms with van der Waals surface area (Å²) in [6, 6.07) is -0.904. The van der Waals surface area contributed by atoms with E-state index in [0.717, 1.165) is 0 Å². The Bertz CT molecular complexity index is 241. The van der Waals surface area contributed by atoms with Crippen LogP contribution in [0.4, 0.5) is 0 Å². The molecule has 1 atom stereocenters. The molecular formula is C9H19N3O3. The van der Waals surface area contributed by atoms with Crippen LogP contribution in [0.25, 0.3) is 0 Å². The smallest absolute Gasteiger partial charge is 0.237 e. The van der Waals surface area contributed by atoms with Crippen LogP contribution in [-0.4, -0.2) is 37.1 Å². The third kappa shape index (κ3) is 6.03. The van der Waals surface area contributed by atoms with Crippen molar-refractivity contribution in [1.82, 2.24) is 5.32 Å². The minimum absolute atomic E-state index is 0.158. The fraction of sp³-hybridized carbons (Fsp3) is 0.778. The Labute approximate surface area is 89.3 Å². The summed E-state index contributed by atoms with van der Waals surface area (Å²) >= 11 is 0. The molecule has 0 aliphatic rings. The average Bonchev–Trinajstić information content (AvgIpc) is 2.01. The Kier molecular flexibility index (Phi) is 5.24. The lowest BCUT2D eigenvalue weighted by Crippen LogP contribution is -2.53. The maximum Gasteiger partial charge on any atom is 0.237 e. The zero-order valence-electron chi connectivity index (χ0n) is 9.37. The maximum atomic E-state index is 11.5. The Balaban J connectivity index is 4.17. The summed E-state index contributed by atoms with van der Waals surface area (Å²) < 4.78 is 4.92. The molecule has 0 aromatic heterocycles. The lowest BCUT2D eigenvalue weighted by Gasteiger charge is -2.26. The highest BCUT2D eigenvalue weighted by Gasteiger charge is 2.24. The van der Waals surface area contributed by atoms with Crippen molar-refractivity contribution in [2.75, 3.05) is 13.7 Å². The van der Waals surface area contributed by atoms with Gasteiger partial charge >= 0.3 is 0 Å². The van der Waals surface area contributed by atoms with Gasteiger partial charge in [-0.1, -0.05) is 0 Å². The molecule has 6 heteroatoms. The van der Waals surface area contributed by atoms with E-state index >= 15 is 0 Å². The first-order valence-electron chi connectivity index (χ1n) is 4.63. The average molecular weight is 217 g/mol. The summed E-state index contributed by atoms with van der Waals surface area (Å²) in [6.07, 6.45) is -0.158. The topological polar surface area (TPSA) is 107 Å². The maximum absolute atomic E-state index is 11.5. The van der Waals surface area contributed by atoms with E-state index < -0.39 is 23.4 Å². The Hall–Kier alpha value is -1.14. The van der Waals surface area contributed by atoms with E-state index in [9.17, 15) is 9.59 Å². The van der Waals surface area contributed by atoms with E-state index in [1.54, 1.807) is 13.8 Å². The first-order chi connectivity index (χ1) is 6.78. The molecule has 0 heterocycles. The predicted octanol–water partition coefficient (Wildman–Crippen LogP) is -1.27. The van der Waals surface area contributed by atoms with Crippen LogP contribution >= 0.6 is 0 Å². The molecule has 0 saturated heterocycles. The van der Waals surface area contributed by atoms with Crippen LogP contribution in [0.1, 0.15) is 20.3 Å². The van der Waals surface area contributed by atoms with Crippen LogP contribution in [0.15, 0.2) is 0 Å². The Morgan fingerprint density at radius 3 is 2.40 bits per heavy atom. The van der Waals surface area contributed by atoms with Gasteiger partial charge in [0, 0.05) is 7.11 Å². The van der Waals surface area contributed by atoms with Gasteiger partial charge in [-0.3, -0.25) is 9.59 Å². The van der Waals surface area contributed by atoms with E-state index in [1.165, 1.54) is 7.11 Å². The zero-order chi connectivity index (χ0) is 12.1. The van der Waals surface area contributed by atoms with Crippen molar-refractivity contribution in [3.8, 4) is 0 Å². The van der Waals surface area contributed by atoms with Crippen molar-refractivity contribution in [2.24, 2.45) is 11.5 Å². The highest BCUT2D eigenvalue weighted by Crippen LogP contribution is 2.02. The van der Waals surface area contributed by atoms with Crippen LogP contribution in [-0.2, 0) is 14.3 Å². The van der Waals surface area contributed by atoms with Gasteiger partial charge in [-0.15, -0.1) is 0 Å². The van der Waals surface area contributed by atoms with Crippen LogP contribution in [0.2, 0.25) is 0 Å². The second kappa shape index (κ2) is 5.67. The van der Waals surface area contributed by atoms with Gasteiger partial charge in [0.2, 0.25) is 11.8 Å². The molecule has 0 rings (SSSR count). The van der Waals surface area contributed by atoms with Crippen molar-refractivity contribution < 1.29 is 14.3 Å². The quantitative estimate of drug-likeness (QED) is 0.515. The van der Waals surface area contributed by atoms with Crippen LogP contribution in [0.5, 0.6) is 0 Å². The van der Waals surface area contributed by atoms with Crippen molar-refractivity contribution in [3.63, 3.8) is 0 Å². The monoisotopic (exact) mass is 217 g/mol. The van der Waals surface area contributed by atoms with E-state index in [4.69, 9.17) is 16.2 Å². The highest BCUT2D eigenvalue weighted by atomic mass is 16.5. The molecule has 0 aromatic carbocycles. The van der Waals surface area contributed by atoms with E-state index in [2.05, 4.69) is 5.32 Å². The SMILES string of the molecule is COCC(C)(C)NC(=O)C(N)CC(N)=O. The summed E-state index contributed by atoms with van der Waals surface area (Å²) in [5, 5.41) is 2.67. The molecule has 0 fully saturated rings. The molecule has 0 bridgehead atoms. The predicted molar refractivity (Wildman–Crippen MR) is 55.9 cm³/mol. The van der Waals surface area contributed by atoms with Crippen molar-refractivity contribution >= 4 is 11.8 Å². The number of amides is 2. The number of rotatable bonds is 6. The number of hydrogen-bond donors (Lipinski definition) is 3. The standard InChI is InChI=1S/C9H19N3O3/c1-9(2,5-15-3)12-8(14)6(10)4-7(11)13/h6H,4-5,10H2,1-3H3,(H2,11,13)(H,12,14). The van der Waals surface area contributed by atoms with E-state index in [1.807, 2.05) is 0 Å². The van der Waals surface area contributed by atoms with Gasteiger partial charge < -0.3 is 21.5 Å². The number of carbonyl (C=O) groups excluding carboxylic acids is 2. The molecule has 88 valence electrons. The van der Waals surface area contributed by atoms with Crippen LogP contribution in [0.3, 0.4) is 0 Å². The minimum Gasteiger partial charge on any atom is -0.382 e. The summed E-state index contributed by atoms with van der Waals surface area (Å²) in [5.74, 6) is -1.00. The number of carbonyl (C=O) groups is 2. The molecule has 0 aliphatic heterocycles. The number of hydrogen-bond acceptors (Lipinski definition) is 4. The minimum atomic E-state index is -0.904. The Morgan fingerprint density at radius 2 is 2.00 bits per heavy atom. The summed E-state index contributed by atoms with van der Waals surface area (Å²) in [5.41, 5.74) is 9.88. The van der Waals surface area contributed by atoms with Gasteiger partial charge in [-0.2, -0.15) is 0 Å². The van der Waals surface area contributed by atoms with E-state index in [-0.39, 0.29) is 6.42 Å². The number of primary amides is 1. The number of ether oxygens (including phenoxy) is 1. The van der Waals surface area contributed by atoms with Gasteiger partial charge in [-0.25, -0.2) is 0 Å². The van der Waals surface area contributed by atoms with Crippen molar-refractivity contribution in [1.29, 1.82) is 0 Å². The van der Waals surface area contributed by atoms with Crippen LogP contribution < -0.4 is 16.8 Å². The second-order valence-electron chi connectivity index (χ2n) is 4.08. The molecule has 6 nitrogen and oxygen atoms in total. The molecule has 2 amide bonds. The molecule has 0 radical (unpaired) electrons. The molecule has 0 aliphatic carbocycles. The van der Waals surface area contributed by atoms with Crippen molar-refractivity contribution in [2.45, 2.75) is 31.8 Å². The summed E-state index contributed by atoms with van der Waals surface area (Å²) in [4.78, 5) is 22.0. The third-order valence-electron chi connectivity index (χ3n) is 1.72. The molecule has 1 unspecified atom stereocenters. The van der Waals surface area contributed by atoms with Crippen molar-refractivity contribution in [3.05, 3.63) is 0 Å². The van der Waals surface area contributed by atoms with Gasteiger partial charge in [0.05, 0.1) is 24.6 Å². The molecule has 0 aromatic rings. The molecule has 0 saturated carbocycles. The lowest BCUT2D eigenvalue weighted by atomic mass is 10.1. The fourth-order valence-electron chi connectivity index (χ4n) is 1.13. The first-order valence-corrected chi connectivity index (χ1v) is 4.63. The highest BCUT2D eigenvalue weighted by molar-refractivity contribution is 5.87. The van der Waals surface area contributed by atoms with Gasteiger partial charge in [0.25, 0.3) is 0 Å². The van der Waals surface area contributed by atoms with E-state index in [0.29, 0.717) is 6.61 Å². The summed E-state index contributed by atoms with van der Waals surface area (Å²) in [6.45, 7) is 3.96. The van der Waals surface area contributed by atoms with Crippen LogP contribution in [0, 0.1) is 0 Å². The molecule has 5 N–H and O–H groups in total. The second-order valence-corrected chi connectivity index (χ2v) is 4.08. The third-order valence-corrected chi connectivity index (χ3v) is 1.72. The van der Waals surface area contributed by atoms with Gasteiger partial charge in [-0.05, 0) is 13.8 Å². The fourth-order valence-corrected chi connectivity index (χ4v) is 1.13.